The number of halogens is 1. The first kappa shape index (κ1) is 31.7. The van der Waals surface area contributed by atoms with Crippen molar-refractivity contribution >= 4 is 23.5 Å². The van der Waals surface area contributed by atoms with Crippen LogP contribution >= 0.6 is 0 Å². The number of ether oxygens (including phenoxy) is 1. The number of rotatable bonds is 8. The minimum Gasteiger partial charge on any atom is -0.507 e. The van der Waals surface area contributed by atoms with Crippen LogP contribution in [-0.4, -0.2) is 98.7 Å². The molecule has 1 aliphatic rings. The standard InChI is InChI=1S/C28H37FN4O8/c1-14-8-7-9-20(36)21(14)24(37)41-13-27(40)23(31-19-11-17(15(2)34)10-18(29)12-19)22(30)28(16(3)35,26(27,4)39)32-25(38)33(5)6/h7-12,16,22-23,31,35-36,39-40H,13,30H2,1-6H3,(H,32,38)/t16?,22-,23-,26-,27+,28-/m0/s1. The van der Waals surface area contributed by atoms with Gasteiger partial charge < -0.3 is 46.4 Å². The summed E-state index contributed by atoms with van der Waals surface area (Å²) in [4.78, 5) is 39.0. The number of nitrogens with zero attached hydrogens (tertiary/aromatic N) is 1. The fraction of sp³-hybridized carbons (Fsp3) is 0.464. The molecule has 2 amide bonds. The zero-order valence-corrected chi connectivity index (χ0v) is 23.7. The number of urea groups is 1. The number of anilines is 1. The molecule has 0 aromatic heterocycles. The van der Waals surface area contributed by atoms with Crippen molar-refractivity contribution < 1.29 is 43.9 Å². The van der Waals surface area contributed by atoms with E-state index in [2.05, 4.69) is 10.6 Å². The number of benzene rings is 2. The van der Waals surface area contributed by atoms with Crippen LogP contribution in [0.4, 0.5) is 14.9 Å². The molecule has 0 heterocycles. The molecule has 1 unspecified atom stereocenters. The van der Waals surface area contributed by atoms with E-state index in [0.29, 0.717) is 5.56 Å². The molecule has 8 N–H and O–H groups in total. The van der Waals surface area contributed by atoms with E-state index in [9.17, 15) is 39.2 Å². The van der Waals surface area contributed by atoms with Gasteiger partial charge in [0, 0.05) is 25.3 Å². The Labute approximate surface area is 236 Å². The Morgan fingerprint density at radius 1 is 1.20 bits per heavy atom. The Morgan fingerprint density at radius 2 is 1.83 bits per heavy atom. The van der Waals surface area contributed by atoms with Gasteiger partial charge in [-0.2, -0.15) is 0 Å². The number of Topliss-reactive ketones (excluding diaryl/α,β-unsaturated/α-hetero) is 1. The number of phenolic OH excluding ortho intramolecular Hbond substituents is 1. The van der Waals surface area contributed by atoms with Crippen LogP contribution in [0.1, 0.15) is 47.1 Å². The predicted octanol–water partition coefficient (Wildman–Crippen LogP) is 0.894. The summed E-state index contributed by atoms with van der Waals surface area (Å²) < 4.78 is 19.8. The SMILES string of the molecule is CC(=O)c1cc(F)cc(N[C@H]2[C@H](N)[C@@](NC(=O)N(C)C)(C(C)O)[C@@](C)(O)[C@@]2(O)COC(=O)c2c(C)cccc2O)c1. The molecule has 2 aromatic carbocycles. The van der Waals surface area contributed by atoms with E-state index in [1.165, 1.54) is 46.1 Å². The third kappa shape index (κ3) is 5.33. The molecule has 3 rings (SSSR count). The molecule has 41 heavy (non-hydrogen) atoms. The Kier molecular flexibility index (Phi) is 8.70. The minimum absolute atomic E-state index is 0.00137. The number of aryl methyl sites for hydroxylation is 1. The summed E-state index contributed by atoms with van der Waals surface area (Å²) in [5.74, 6) is -2.64. The van der Waals surface area contributed by atoms with Gasteiger partial charge in [-0.05, 0) is 57.5 Å². The highest BCUT2D eigenvalue weighted by molar-refractivity contribution is 5.95. The first-order chi connectivity index (χ1) is 18.9. The molecule has 1 aliphatic carbocycles. The van der Waals surface area contributed by atoms with Crippen molar-refractivity contribution in [2.45, 2.75) is 62.6 Å². The maximum Gasteiger partial charge on any atom is 0.342 e. The monoisotopic (exact) mass is 576 g/mol. The van der Waals surface area contributed by atoms with Crippen LogP contribution < -0.4 is 16.4 Å². The number of aliphatic hydroxyl groups excluding tert-OH is 1. The lowest BCUT2D eigenvalue weighted by Gasteiger charge is -2.48. The number of phenols is 1. The first-order valence-electron chi connectivity index (χ1n) is 12.8. The average Bonchev–Trinajstić information content (AvgIpc) is 2.98. The minimum atomic E-state index is -2.56. The number of ketones is 1. The smallest absolute Gasteiger partial charge is 0.342 e. The summed E-state index contributed by atoms with van der Waals surface area (Å²) >= 11 is 0. The van der Waals surface area contributed by atoms with Gasteiger partial charge in [0.15, 0.2) is 11.4 Å². The van der Waals surface area contributed by atoms with E-state index in [-0.39, 0.29) is 22.6 Å². The first-order valence-corrected chi connectivity index (χ1v) is 12.8. The van der Waals surface area contributed by atoms with Crippen LogP contribution in [-0.2, 0) is 4.74 Å². The second-order valence-corrected chi connectivity index (χ2v) is 10.8. The lowest BCUT2D eigenvalue weighted by atomic mass is 9.73. The molecule has 0 bridgehead atoms. The molecule has 13 heteroatoms. The van der Waals surface area contributed by atoms with Gasteiger partial charge in [0.2, 0.25) is 0 Å². The van der Waals surface area contributed by atoms with Crippen molar-refractivity contribution in [3.63, 3.8) is 0 Å². The van der Waals surface area contributed by atoms with Crippen LogP contribution in [0.3, 0.4) is 0 Å². The van der Waals surface area contributed by atoms with E-state index in [1.54, 1.807) is 13.0 Å². The molecular formula is C28H37FN4O8. The average molecular weight is 577 g/mol. The second kappa shape index (κ2) is 11.2. The van der Waals surface area contributed by atoms with Crippen LogP contribution in [0.2, 0.25) is 0 Å². The molecule has 1 fully saturated rings. The molecular weight excluding hydrogens is 539 g/mol. The summed E-state index contributed by atoms with van der Waals surface area (Å²) in [5, 5.41) is 50.7. The molecule has 2 aromatic rings. The highest BCUT2D eigenvalue weighted by atomic mass is 19.1. The lowest BCUT2D eigenvalue weighted by Crippen LogP contribution is -2.76. The molecule has 6 atom stereocenters. The Morgan fingerprint density at radius 3 is 2.37 bits per heavy atom. The second-order valence-electron chi connectivity index (χ2n) is 10.8. The molecule has 224 valence electrons. The Hall–Kier alpha value is -3.78. The number of aromatic hydroxyl groups is 1. The maximum atomic E-state index is 14.4. The van der Waals surface area contributed by atoms with Crippen molar-refractivity contribution in [3.05, 3.63) is 58.9 Å². The van der Waals surface area contributed by atoms with Crippen molar-refractivity contribution in [1.29, 1.82) is 0 Å². The largest absolute Gasteiger partial charge is 0.507 e. The van der Waals surface area contributed by atoms with Crippen molar-refractivity contribution in [2.75, 3.05) is 26.0 Å². The number of nitrogens with two attached hydrogens (primary N) is 1. The van der Waals surface area contributed by atoms with Gasteiger partial charge in [0.25, 0.3) is 0 Å². The summed E-state index contributed by atoms with van der Waals surface area (Å²) in [5.41, 5.74) is -0.461. The quantitative estimate of drug-likeness (QED) is 0.175. The van der Waals surface area contributed by atoms with Gasteiger partial charge in [-0.3, -0.25) is 4.79 Å². The molecule has 0 aliphatic heterocycles. The van der Waals surface area contributed by atoms with Gasteiger partial charge in [-0.25, -0.2) is 14.0 Å². The number of amides is 2. The van der Waals surface area contributed by atoms with Gasteiger partial charge in [-0.1, -0.05) is 12.1 Å². The molecule has 12 nitrogen and oxygen atoms in total. The van der Waals surface area contributed by atoms with Crippen LogP contribution in [0.5, 0.6) is 5.75 Å². The maximum absolute atomic E-state index is 14.4. The number of carbonyl (C=O) groups is 3. The highest BCUT2D eigenvalue weighted by Crippen LogP contribution is 2.49. The normalized spacial score (nSPS) is 28.1. The summed E-state index contributed by atoms with van der Waals surface area (Å²) in [6.45, 7) is 4.21. The lowest BCUT2D eigenvalue weighted by molar-refractivity contribution is -0.186. The molecule has 0 saturated heterocycles. The Balaban J connectivity index is 2.16. The van der Waals surface area contributed by atoms with Gasteiger partial charge in [0.1, 0.15) is 34.9 Å². The summed E-state index contributed by atoms with van der Waals surface area (Å²) in [7, 11) is 2.82. The fourth-order valence-corrected chi connectivity index (χ4v) is 5.49. The number of esters is 1. The Bertz CT molecular complexity index is 1330. The van der Waals surface area contributed by atoms with Crippen LogP contribution in [0.25, 0.3) is 0 Å². The van der Waals surface area contributed by atoms with Crippen LogP contribution in [0.15, 0.2) is 36.4 Å². The van der Waals surface area contributed by atoms with Gasteiger partial charge >= 0.3 is 12.0 Å². The summed E-state index contributed by atoms with van der Waals surface area (Å²) in [6, 6.07) is 3.90. The molecule has 1 saturated carbocycles. The highest BCUT2D eigenvalue weighted by Gasteiger charge is 2.76. The van der Waals surface area contributed by atoms with E-state index < -0.39 is 65.1 Å². The number of nitrogens with one attached hydrogen (secondary N) is 2. The number of aliphatic hydroxyl groups is 3. The van der Waals surface area contributed by atoms with E-state index in [4.69, 9.17) is 10.5 Å². The summed E-state index contributed by atoms with van der Waals surface area (Å²) in [6.07, 6.45) is -1.59. The van der Waals surface area contributed by atoms with E-state index in [1.807, 2.05) is 0 Å². The number of hydrogen-bond acceptors (Lipinski definition) is 10. The zero-order chi connectivity index (χ0) is 31.1. The topological polar surface area (TPSA) is 195 Å². The van der Waals surface area contributed by atoms with Gasteiger partial charge in [0.05, 0.1) is 18.2 Å². The van der Waals surface area contributed by atoms with Crippen molar-refractivity contribution in [2.24, 2.45) is 5.73 Å². The molecule has 0 spiro atoms. The third-order valence-electron chi connectivity index (χ3n) is 7.93. The number of hydrogen-bond donors (Lipinski definition) is 7. The number of carbonyl (C=O) groups excluding carboxylic acids is 3. The molecule has 0 radical (unpaired) electrons. The van der Waals surface area contributed by atoms with Crippen molar-refractivity contribution in [1.82, 2.24) is 10.2 Å². The van der Waals surface area contributed by atoms with E-state index >= 15 is 0 Å². The van der Waals surface area contributed by atoms with Crippen LogP contribution in [0, 0.1) is 12.7 Å². The zero-order valence-electron chi connectivity index (χ0n) is 23.7. The van der Waals surface area contributed by atoms with Gasteiger partial charge in [-0.15, -0.1) is 0 Å². The predicted molar refractivity (Wildman–Crippen MR) is 147 cm³/mol. The fourth-order valence-electron chi connectivity index (χ4n) is 5.49. The van der Waals surface area contributed by atoms with E-state index in [0.717, 1.165) is 24.0 Å². The third-order valence-corrected chi connectivity index (χ3v) is 7.93. The van der Waals surface area contributed by atoms with Crippen molar-refractivity contribution in [3.8, 4) is 5.75 Å².